The van der Waals surface area contributed by atoms with Gasteiger partial charge in [0.05, 0.1) is 0 Å². The number of hydrogen-bond donors (Lipinski definition) is 1. The number of nitrogens with zero attached hydrogens (tertiary/aromatic N) is 1. The molecule has 1 aliphatic heterocycles. The lowest BCUT2D eigenvalue weighted by atomic mass is 10.2. The molecule has 3 rings (SSSR count). The second-order valence-corrected chi connectivity index (χ2v) is 4.84. The Bertz CT molecular complexity index is 521. The first kappa shape index (κ1) is 13.0. The molecule has 1 fully saturated rings. The van der Waals surface area contributed by atoms with Gasteiger partial charge in [-0.15, -0.1) is 0 Å². The van der Waals surface area contributed by atoms with Gasteiger partial charge in [-0.05, 0) is 31.5 Å². The quantitative estimate of drug-likeness (QED) is 0.876. The fourth-order valence-electron chi connectivity index (χ4n) is 2.18. The van der Waals surface area contributed by atoms with Crippen LogP contribution < -0.4 is 14.8 Å². The van der Waals surface area contributed by atoms with Crippen LogP contribution in [0.5, 0.6) is 11.7 Å². The lowest BCUT2D eigenvalue weighted by Crippen LogP contribution is -2.28. The zero-order valence-corrected chi connectivity index (χ0v) is 11.2. The summed E-state index contributed by atoms with van der Waals surface area (Å²) in [6.45, 7) is 2.06. The van der Waals surface area contributed by atoms with Crippen LogP contribution in [0.1, 0.15) is 18.5 Å². The molecular formula is C15H18N2O3. The molecule has 0 radical (unpaired) electrons. The van der Waals surface area contributed by atoms with Crippen molar-refractivity contribution in [3.63, 3.8) is 0 Å². The monoisotopic (exact) mass is 274 g/mol. The highest BCUT2D eigenvalue weighted by atomic mass is 16.6. The van der Waals surface area contributed by atoms with Gasteiger partial charge >= 0.3 is 5.95 Å². The largest absolute Gasteiger partial charge is 0.487 e. The van der Waals surface area contributed by atoms with Crippen molar-refractivity contribution >= 4 is 0 Å². The fraction of sp³-hybridized carbons (Fsp3) is 0.400. The molecule has 1 aromatic heterocycles. The second-order valence-electron chi connectivity index (χ2n) is 4.84. The van der Waals surface area contributed by atoms with E-state index in [0.717, 1.165) is 24.4 Å². The van der Waals surface area contributed by atoms with E-state index in [9.17, 15) is 0 Å². The average molecular weight is 274 g/mol. The van der Waals surface area contributed by atoms with Crippen LogP contribution in [0.3, 0.4) is 0 Å². The molecule has 1 aromatic carbocycles. The highest BCUT2D eigenvalue weighted by Crippen LogP contribution is 2.16. The van der Waals surface area contributed by atoms with Crippen molar-refractivity contribution in [2.75, 3.05) is 13.2 Å². The van der Waals surface area contributed by atoms with Gasteiger partial charge in [0.2, 0.25) is 0 Å². The Balaban J connectivity index is 1.46. The number of nitrogens with one attached hydrogen (secondary N) is 1. The van der Waals surface area contributed by atoms with E-state index in [2.05, 4.69) is 10.5 Å². The molecule has 1 saturated heterocycles. The van der Waals surface area contributed by atoms with Crippen LogP contribution in [0.4, 0.5) is 0 Å². The third-order valence-corrected chi connectivity index (χ3v) is 3.26. The lowest BCUT2D eigenvalue weighted by Gasteiger charge is -2.08. The van der Waals surface area contributed by atoms with Crippen molar-refractivity contribution < 1.29 is 14.0 Å². The third kappa shape index (κ3) is 3.51. The van der Waals surface area contributed by atoms with Gasteiger partial charge in [-0.2, -0.15) is 0 Å². The zero-order chi connectivity index (χ0) is 13.6. The summed E-state index contributed by atoms with van der Waals surface area (Å²) in [7, 11) is 0. The maximum atomic E-state index is 5.59. The molecule has 0 aliphatic carbocycles. The molecule has 1 aliphatic rings. The number of aromatic nitrogens is 1. The Morgan fingerprint density at radius 1 is 1.25 bits per heavy atom. The first-order valence-corrected chi connectivity index (χ1v) is 6.90. The van der Waals surface area contributed by atoms with Gasteiger partial charge in [0.25, 0.3) is 0 Å². The van der Waals surface area contributed by atoms with Crippen LogP contribution in [-0.2, 0) is 6.61 Å². The van der Waals surface area contributed by atoms with Crippen LogP contribution in [0.25, 0.3) is 0 Å². The molecule has 0 saturated carbocycles. The van der Waals surface area contributed by atoms with Crippen LogP contribution in [-0.4, -0.2) is 24.4 Å². The van der Waals surface area contributed by atoms with E-state index < -0.39 is 0 Å². The number of para-hydroxylation sites is 1. The molecular weight excluding hydrogens is 256 g/mol. The van der Waals surface area contributed by atoms with Gasteiger partial charge in [0.15, 0.2) is 0 Å². The first-order valence-electron chi connectivity index (χ1n) is 6.90. The van der Waals surface area contributed by atoms with E-state index in [1.54, 1.807) is 6.07 Å². The number of hydrogen-bond acceptors (Lipinski definition) is 5. The molecule has 5 nitrogen and oxygen atoms in total. The van der Waals surface area contributed by atoms with Gasteiger partial charge in [0.1, 0.15) is 24.7 Å². The molecule has 0 unspecified atom stereocenters. The van der Waals surface area contributed by atoms with Crippen molar-refractivity contribution in [3.05, 3.63) is 42.1 Å². The van der Waals surface area contributed by atoms with Crippen LogP contribution in [0.2, 0.25) is 0 Å². The summed E-state index contributed by atoms with van der Waals surface area (Å²) in [5, 5.41) is 7.30. The van der Waals surface area contributed by atoms with E-state index in [4.69, 9.17) is 14.0 Å². The Morgan fingerprint density at radius 2 is 2.15 bits per heavy atom. The van der Waals surface area contributed by atoms with Gasteiger partial charge in [-0.3, -0.25) is 0 Å². The highest BCUT2D eigenvalue weighted by Gasteiger charge is 2.15. The number of ether oxygens (including phenoxy) is 2. The maximum absolute atomic E-state index is 5.59. The topological polar surface area (TPSA) is 56.5 Å². The van der Waals surface area contributed by atoms with Crippen LogP contribution in [0.15, 0.2) is 40.9 Å². The molecule has 2 heterocycles. The minimum Gasteiger partial charge on any atom is -0.487 e. The molecule has 0 bridgehead atoms. The van der Waals surface area contributed by atoms with E-state index >= 15 is 0 Å². The van der Waals surface area contributed by atoms with E-state index in [0.29, 0.717) is 25.2 Å². The normalized spacial score (nSPS) is 18.1. The van der Waals surface area contributed by atoms with Crippen molar-refractivity contribution in [2.45, 2.75) is 25.5 Å². The summed E-state index contributed by atoms with van der Waals surface area (Å²) < 4.78 is 16.3. The Morgan fingerprint density at radius 3 is 2.95 bits per heavy atom. The van der Waals surface area contributed by atoms with Crippen molar-refractivity contribution in [1.29, 1.82) is 0 Å². The predicted molar refractivity (Wildman–Crippen MR) is 73.8 cm³/mol. The molecule has 20 heavy (non-hydrogen) atoms. The minimum atomic E-state index is 0.374. The van der Waals surface area contributed by atoms with Gasteiger partial charge in [-0.25, -0.2) is 0 Å². The van der Waals surface area contributed by atoms with Crippen LogP contribution >= 0.6 is 0 Å². The Kier molecular flexibility index (Phi) is 4.18. The first-order chi connectivity index (χ1) is 9.90. The van der Waals surface area contributed by atoms with Crippen molar-refractivity contribution in [1.82, 2.24) is 10.5 Å². The highest BCUT2D eigenvalue weighted by molar-refractivity contribution is 5.21. The third-order valence-electron chi connectivity index (χ3n) is 3.26. The molecule has 2 aromatic rings. The fourth-order valence-corrected chi connectivity index (χ4v) is 2.18. The summed E-state index contributed by atoms with van der Waals surface area (Å²) in [4.78, 5) is 0. The molecule has 5 heteroatoms. The summed E-state index contributed by atoms with van der Waals surface area (Å²) >= 11 is 0. The van der Waals surface area contributed by atoms with Crippen molar-refractivity contribution in [3.8, 4) is 11.7 Å². The van der Waals surface area contributed by atoms with Crippen LogP contribution in [0, 0.1) is 0 Å². The number of rotatable bonds is 6. The van der Waals surface area contributed by atoms with E-state index in [1.165, 1.54) is 6.42 Å². The van der Waals surface area contributed by atoms with Gasteiger partial charge in [0, 0.05) is 12.1 Å². The van der Waals surface area contributed by atoms with Gasteiger partial charge in [-0.1, -0.05) is 23.4 Å². The summed E-state index contributed by atoms with van der Waals surface area (Å²) in [6.07, 6.45) is 2.36. The molecule has 106 valence electrons. The zero-order valence-electron chi connectivity index (χ0n) is 11.2. The van der Waals surface area contributed by atoms with E-state index in [-0.39, 0.29) is 0 Å². The summed E-state index contributed by atoms with van der Waals surface area (Å²) in [5.74, 6) is 1.26. The standard InChI is InChI=1S/C15H18N2O3/c1-2-6-14(7-3-1)18-11-13-9-15(20-17-13)19-10-12-5-4-8-16-12/h1-3,6-7,9,12,16H,4-5,8,10-11H2/t12-/m0/s1. The maximum Gasteiger partial charge on any atom is 0.311 e. The second kappa shape index (κ2) is 6.43. The van der Waals surface area contributed by atoms with Crippen molar-refractivity contribution in [2.24, 2.45) is 0 Å². The predicted octanol–water partition coefficient (Wildman–Crippen LogP) is 2.38. The molecule has 1 atom stereocenters. The summed E-state index contributed by atoms with van der Waals surface area (Å²) in [6, 6.07) is 11.8. The lowest BCUT2D eigenvalue weighted by molar-refractivity contribution is 0.193. The summed E-state index contributed by atoms with van der Waals surface area (Å²) in [5.41, 5.74) is 0.725. The van der Waals surface area contributed by atoms with E-state index in [1.807, 2.05) is 30.3 Å². The minimum absolute atomic E-state index is 0.374. The molecule has 0 amide bonds. The smallest absolute Gasteiger partial charge is 0.311 e. The Labute approximate surface area is 117 Å². The number of benzene rings is 1. The molecule has 0 spiro atoms. The average Bonchev–Trinajstić information content (AvgIpc) is 3.16. The molecule has 1 N–H and O–H groups in total. The van der Waals surface area contributed by atoms with Gasteiger partial charge < -0.3 is 19.3 Å². The Hall–Kier alpha value is -2.01. The SMILES string of the molecule is c1ccc(OCc2cc(OC[C@@H]3CCCN3)on2)cc1.